The van der Waals surface area contributed by atoms with E-state index < -0.39 is 22.8 Å². The number of esters is 1. The van der Waals surface area contributed by atoms with Crippen LogP contribution in [0.2, 0.25) is 0 Å². The lowest BCUT2D eigenvalue weighted by molar-refractivity contribution is -0.899. The van der Waals surface area contributed by atoms with Gasteiger partial charge in [-0.15, -0.1) is 0 Å². The van der Waals surface area contributed by atoms with E-state index in [1.165, 1.54) is 21.3 Å². The Bertz CT molecular complexity index is 1080. The van der Waals surface area contributed by atoms with Crippen molar-refractivity contribution < 1.29 is 37.9 Å². The van der Waals surface area contributed by atoms with Gasteiger partial charge in [-0.1, -0.05) is 6.07 Å². The monoisotopic (exact) mass is 429 g/mol. The molecule has 2 aromatic carbocycles. The number of carbonyl (C=O) groups excluding carboxylic acids is 1. The molecule has 0 radical (unpaired) electrons. The minimum Gasteiger partial charge on any atom is -0.632 e. The van der Waals surface area contributed by atoms with Crippen LogP contribution in [0.3, 0.4) is 0 Å². The van der Waals surface area contributed by atoms with Gasteiger partial charge in [0.15, 0.2) is 35.1 Å². The van der Waals surface area contributed by atoms with Crippen LogP contribution in [-0.2, 0) is 11.2 Å². The van der Waals surface area contributed by atoms with E-state index in [2.05, 4.69) is 0 Å². The van der Waals surface area contributed by atoms with Crippen molar-refractivity contribution in [2.24, 2.45) is 0 Å². The first kappa shape index (κ1) is 19.8. The van der Waals surface area contributed by atoms with E-state index in [1.807, 2.05) is 6.07 Å². The van der Waals surface area contributed by atoms with Crippen molar-refractivity contribution in [1.29, 1.82) is 0 Å². The summed E-state index contributed by atoms with van der Waals surface area (Å²) in [7, 11) is 6.08. The second-order valence-electron chi connectivity index (χ2n) is 7.90. The van der Waals surface area contributed by atoms with Crippen molar-refractivity contribution in [1.82, 2.24) is 0 Å². The van der Waals surface area contributed by atoms with Gasteiger partial charge < -0.3 is 38.3 Å². The molecule has 3 aliphatic rings. The zero-order valence-electron chi connectivity index (χ0n) is 17.7. The molecule has 164 valence electrons. The topological polar surface area (TPSA) is 95.5 Å². The molecule has 9 heteroatoms. The highest BCUT2D eigenvalue weighted by molar-refractivity contribution is 5.98. The number of hydrogen-bond donors (Lipinski definition) is 0. The molecule has 9 nitrogen and oxygen atoms in total. The number of benzene rings is 2. The molecule has 31 heavy (non-hydrogen) atoms. The second kappa shape index (κ2) is 6.93. The predicted octanol–water partition coefficient (Wildman–Crippen LogP) is 2.89. The predicted molar refractivity (Wildman–Crippen MR) is 108 cm³/mol. The molecule has 1 unspecified atom stereocenters. The van der Waals surface area contributed by atoms with E-state index in [1.54, 1.807) is 19.2 Å². The number of carbonyl (C=O) groups is 1. The molecule has 2 aromatic rings. The second-order valence-corrected chi connectivity index (χ2v) is 7.90. The number of hydroxylamine groups is 3. The number of nitrogens with zero attached hydrogens (tertiary/aromatic N) is 1. The Labute approximate surface area is 179 Å². The van der Waals surface area contributed by atoms with Crippen molar-refractivity contribution in [2.75, 3.05) is 41.7 Å². The summed E-state index contributed by atoms with van der Waals surface area (Å²) < 4.78 is 32.8. The third-order valence-electron chi connectivity index (χ3n) is 6.27. The summed E-state index contributed by atoms with van der Waals surface area (Å²) in [5.41, 5.74) is 2.46. The van der Waals surface area contributed by atoms with Crippen molar-refractivity contribution >= 4 is 5.97 Å². The number of quaternary nitrogens is 1. The summed E-state index contributed by atoms with van der Waals surface area (Å²) in [4.78, 5) is 12.9. The minimum absolute atomic E-state index is 0.0843. The fourth-order valence-electron chi connectivity index (χ4n) is 4.87. The summed E-state index contributed by atoms with van der Waals surface area (Å²) in [6, 6.07) is 4.59. The van der Waals surface area contributed by atoms with Crippen molar-refractivity contribution in [3.8, 4) is 28.7 Å². The Kier molecular flexibility index (Phi) is 4.42. The standard InChI is InChI=1S/C22H23NO8/c1-23(25)8-7-11-9-14-20(30-10-29-14)21(28-4)15(11)17(23)18-12-5-6-13(26-2)19(27-3)16(12)22(24)31-18/h5-6,9,17-18H,7-8,10H2,1-4H3/t17-,18-,23?/m0/s1. The summed E-state index contributed by atoms with van der Waals surface area (Å²) in [5, 5.41) is 13.7. The van der Waals surface area contributed by atoms with Gasteiger partial charge in [-0.25, -0.2) is 4.79 Å². The number of ether oxygens (including phenoxy) is 6. The molecular weight excluding hydrogens is 406 g/mol. The Morgan fingerprint density at radius 1 is 1.10 bits per heavy atom. The molecule has 0 saturated heterocycles. The van der Waals surface area contributed by atoms with Gasteiger partial charge in [0.25, 0.3) is 0 Å². The maximum absolute atomic E-state index is 13.7. The molecule has 0 N–H and O–H groups in total. The quantitative estimate of drug-likeness (QED) is 0.416. The van der Waals surface area contributed by atoms with Gasteiger partial charge in [0.1, 0.15) is 5.56 Å². The summed E-state index contributed by atoms with van der Waals surface area (Å²) in [6.45, 7) is 0.401. The lowest BCUT2D eigenvalue weighted by Crippen LogP contribution is -2.48. The van der Waals surface area contributed by atoms with E-state index in [0.717, 1.165) is 5.56 Å². The number of cyclic esters (lactones) is 1. The van der Waals surface area contributed by atoms with E-state index in [-0.39, 0.29) is 12.4 Å². The molecule has 3 atom stereocenters. The maximum Gasteiger partial charge on any atom is 0.343 e. The molecular formula is C22H23NO8. The number of fused-ring (bicyclic) bond motifs is 3. The molecule has 0 spiro atoms. The van der Waals surface area contributed by atoms with Gasteiger partial charge in [0.2, 0.25) is 12.5 Å². The van der Waals surface area contributed by atoms with Crippen LogP contribution in [0.25, 0.3) is 0 Å². The molecule has 0 aliphatic carbocycles. The first-order valence-corrected chi connectivity index (χ1v) is 9.92. The first-order valence-electron chi connectivity index (χ1n) is 9.92. The van der Waals surface area contributed by atoms with E-state index in [0.29, 0.717) is 52.8 Å². The SMILES string of the molecule is COc1ccc2c(c1OC)C(=O)O[C@@H]2[C@@H]1c2c(cc3c(c2OC)OCO3)CC[N+]1(C)[O-]. The van der Waals surface area contributed by atoms with Gasteiger partial charge in [0.05, 0.1) is 40.5 Å². The van der Waals surface area contributed by atoms with Crippen LogP contribution in [-0.4, -0.2) is 52.3 Å². The average Bonchev–Trinajstić information content (AvgIpc) is 3.35. The van der Waals surface area contributed by atoms with Crippen LogP contribution in [0.4, 0.5) is 0 Å². The van der Waals surface area contributed by atoms with E-state index in [9.17, 15) is 10.0 Å². The van der Waals surface area contributed by atoms with Crippen LogP contribution in [0.15, 0.2) is 18.2 Å². The van der Waals surface area contributed by atoms with Gasteiger partial charge >= 0.3 is 5.97 Å². The van der Waals surface area contributed by atoms with Crippen molar-refractivity contribution in [3.05, 3.63) is 45.7 Å². The van der Waals surface area contributed by atoms with Crippen LogP contribution in [0.5, 0.6) is 28.7 Å². The lowest BCUT2D eigenvalue weighted by atomic mass is 9.85. The molecule has 0 fully saturated rings. The highest BCUT2D eigenvalue weighted by Crippen LogP contribution is 2.56. The van der Waals surface area contributed by atoms with E-state index in [4.69, 9.17) is 28.4 Å². The number of rotatable bonds is 4. The molecule has 3 aliphatic heterocycles. The summed E-state index contributed by atoms with van der Waals surface area (Å²) in [5.74, 6) is 1.66. The lowest BCUT2D eigenvalue weighted by Gasteiger charge is -2.50. The smallest absolute Gasteiger partial charge is 0.343 e. The Balaban J connectivity index is 1.72. The largest absolute Gasteiger partial charge is 0.632 e. The van der Waals surface area contributed by atoms with Crippen LogP contribution >= 0.6 is 0 Å². The van der Waals surface area contributed by atoms with Gasteiger partial charge in [-0.05, 0) is 17.7 Å². The van der Waals surface area contributed by atoms with Crippen molar-refractivity contribution in [2.45, 2.75) is 18.6 Å². The zero-order chi connectivity index (χ0) is 21.9. The zero-order valence-corrected chi connectivity index (χ0v) is 17.7. The number of methoxy groups -OCH3 is 3. The average molecular weight is 429 g/mol. The van der Waals surface area contributed by atoms with Gasteiger partial charge in [-0.2, -0.15) is 0 Å². The minimum atomic E-state index is -0.821. The first-order chi connectivity index (χ1) is 14.9. The normalized spacial score (nSPS) is 25.5. The van der Waals surface area contributed by atoms with E-state index >= 15 is 0 Å². The van der Waals surface area contributed by atoms with Crippen LogP contribution in [0.1, 0.15) is 39.2 Å². The molecule has 0 bridgehead atoms. The molecule has 3 heterocycles. The fourth-order valence-corrected chi connectivity index (χ4v) is 4.87. The third-order valence-corrected chi connectivity index (χ3v) is 6.27. The van der Waals surface area contributed by atoms with Crippen LogP contribution in [0, 0.1) is 5.21 Å². The highest BCUT2D eigenvalue weighted by Gasteiger charge is 2.50. The number of hydrogen-bond acceptors (Lipinski definition) is 8. The third kappa shape index (κ3) is 2.73. The molecule has 0 aromatic heterocycles. The number of likely N-dealkylation sites (N-methyl/N-ethyl adjacent to an activating group) is 1. The maximum atomic E-state index is 13.7. The van der Waals surface area contributed by atoms with Crippen molar-refractivity contribution in [3.63, 3.8) is 0 Å². The highest BCUT2D eigenvalue weighted by atomic mass is 16.7. The Morgan fingerprint density at radius 2 is 1.87 bits per heavy atom. The van der Waals surface area contributed by atoms with Crippen LogP contribution < -0.4 is 23.7 Å². The Morgan fingerprint density at radius 3 is 2.58 bits per heavy atom. The molecule has 5 rings (SSSR count). The molecule has 0 amide bonds. The Hall–Kier alpha value is -3.17. The fraction of sp³-hybridized carbons (Fsp3) is 0.409. The molecule has 0 saturated carbocycles. The summed E-state index contributed by atoms with van der Waals surface area (Å²) >= 11 is 0. The summed E-state index contributed by atoms with van der Waals surface area (Å²) in [6.07, 6.45) is -0.281. The van der Waals surface area contributed by atoms with Gasteiger partial charge in [0, 0.05) is 12.0 Å². The van der Waals surface area contributed by atoms with Gasteiger partial charge in [-0.3, -0.25) is 0 Å².